The number of anilines is 1. The Morgan fingerprint density at radius 1 is 1.37 bits per heavy atom. The average Bonchev–Trinajstić information content (AvgIpc) is 2.16. The van der Waals surface area contributed by atoms with E-state index in [9.17, 15) is 17.6 Å². The molecule has 5 nitrogen and oxygen atoms in total. The molecular weight excluding hydrogens is 273 g/mol. The summed E-state index contributed by atoms with van der Waals surface area (Å²) in [6.45, 7) is 5.20. The van der Waals surface area contributed by atoms with Gasteiger partial charge in [0.05, 0.1) is 17.0 Å². The molecule has 0 heterocycles. The standard InChI is InChI=1S/C12H16FNO4S/c1-12(2,3)7-19(17,18)14-10-6-8(11(15)16)4-5-9(10)13/h4-6,14H,7H2,1-3H3,(H,15,16). The molecule has 0 aliphatic heterocycles. The second-order valence-corrected chi connectivity index (χ2v) is 7.14. The maximum Gasteiger partial charge on any atom is 0.335 e. The summed E-state index contributed by atoms with van der Waals surface area (Å²) in [6, 6.07) is 2.94. The van der Waals surface area contributed by atoms with Crippen LogP contribution in [0.5, 0.6) is 0 Å². The van der Waals surface area contributed by atoms with Gasteiger partial charge in [0.25, 0.3) is 0 Å². The van der Waals surface area contributed by atoms with Crippen LogP contribution in [0.25, 0.3) is 0 Å². The van der Waals surface area contributed by atoms with Crippen molar-refractivity contribution in [3.63, 3.8) is 0 Å². The van der Waals surface area contributed by atoms with Crippen molar-refractivity contribution in [2.24, 2.45) is 5.41 Å². The van der Waals surface area contributed by atoms with Crippen LogP contribution < -0.4 is 4.72 Å². The molecule has 1 aromatic carbocycles. The Morgan fingerprint density at radius 2 is 1.95 bits per heavy atom. The lowest BCUT2D eigenvalue weighted by Gasteiger charge is -2.19. The molecule has 0 amide bonds. The Morgan fingerprint density at radius 3 is 2.42 bits per heavy atom. The molecule has 7 heteroatoms. The summed E-state index contributed by atoms with van der Waals surface area (Å²) in [4.78, 5) is 10.8. The average molecular weight is 289 g/mol. The molecule has 1 rings (SSSR count). The number of sulfonamides is 1. The smallest absolute Gasteiger partial charge is 0.335 e. The number of hydrogen-bond acceptors (Lipinski definition) is 3. The van der Waals surface area contributed by atoms with Crippen LogP contribution in [0.2, 0.25) is 0 Å². The van der Waals surface area contributed by atoms with Crippen LogP contribution in [0, 0.1) is 11.2 Å². The number of carboxylic acids is 1. The third kappa shape index (κ3) is 4.86. The second kappa shape index (κ2) is 5.16. The Balaban J connectivity index is 3.05. The third-order valence-electron chi connectivity index (χ3n) is 2.10. The van der Waals surface area contributed by atoms with Crippen LogP contribution in [0.1, 0.15) is 31.1 Å². The number of hydrogen-bond donors (Lipinski definition) is 2. The van der Waals surface area contributed by atoms with Crippen molar-refractivity contribution in [2.75, 3.05) is 10.5 Å². The lowest BCUT2D eigenvalue weighted by molar-refractivity contribution is 0.0697. The van der Waals surface area contributed by atoms with Crippen LogP contribution in [0.4, 0.5) is 10.1 Å². The minimum atomic E-state index is -3.74. The molecule has 1 aromatic rings. The molecule has 0 aliphatic rings. The maximum atomic E-state index is 13.5. The van der Waals surface area contributed by atoms with E-state index in [1.165, 1.54) is 0 Å². The van der Waals surface area contributed by atoms with E-state index in [-0.39, 0.29) is 17.0 Å². The van der Waals surface area contributed by atoms with E-state index in [0.29, 0.717) is 0 Å². The highest BCUT2D eigenvalue weighted by Crippen LogP contribution is 2.21. The zero-order valence-electron chi connectivity index (χ0n) is 10.9. The van der Waals surface area contributed by atoms with Crippen LogP contribution in [0.3, 0.4) is 0 Å². The molecule has 0 unspecified atom stereocenters. The van der Waals surface area contributed by atoms with Crippen LogP contribution in [-0.2, 0) is 10.0 Å². The molecule has 0 aliphatic carbocycles. The molecule has 0 bridgehead atoms. The molecule has 0 aromatic heterocycles. The number of carboxylic acid groups (broad SMARTS) is 1. The molecule has 0 saturated heterocycles. The fraction of sp³-hybridized carbons (Fsp3) is 0.417. The maximum absolute atomic E-state index is 13.5. The minimum absolute atomic E-state index is 0.185. The summed E-state index contributed by atoms with van der Waals surface area (Å²) in [7, 11) is -3.74. The zero-order chi connectivity index (χ0) is 14.8. The monoisotopic (exact) mass is 289 g/mol. The Kier molecular flexibility index (Phi) is 4.19. The first-order chi connectivity index (χ1) is 8.50. The van der Waals surface area contributed by atoms with Crippen molar-refractivity contribution in [3.8, 4) is 0 Å². The van der Waals surface area contributed by atoms with Crippen LogP contribution in [-0.4, -0.2) is 25.2 Å². The van der Waals surface area contributed by atoms with Gasteiger partial charge >= 0.3 is 5.97 Å². The SMILES string of the molecule is CC(C)(C)CS(=O)(=O)Nc1cc(C(=O)O)ccc1F. The second-order valence-electron chi connectivity index (χ2n) is 5.42. The number of rotatable bonds is 4. The predicted molar refractivity (Wildman–Crippen MR) is 70.2 cm³/mol. The van der Waals surface area contributed by atoms with E-state index in [1.54, 1.807) is 20.8 Å². The lowest BCUT2D eigenvalue weighted by Crippen LogP contribution is -2.26. The van der Waals surface area contributed by atoms with Gasteiger partial charge in [-0.3, -0.25) is 4.72 Å². The zero-order valence-corrected chi connectivity index (χ0v) is 11.7. The fourth-order valence-electron chi connectivity index (χ4n) is 1.51. The van der Waals surface area contributed by atoms with Gasteiger partial charge < -0.3 is 5.11 Å². The van der Waals surface area contributed by atoms with E-state index in [1.807, 2.05) is 0 Å². The van der Waals surface area contributed by atoms with Gasteiger partial charge in [0.1, 0.15) is 5.82 Å². The first-order valence-electron chi connectivity index (χ1n) is 5.53. The van der Waals surface area contributed by atoms with Crippen LogP contribution >= 0.6 is 0 Å². The molecule has 0 spiro atoms. The molecule has 2 N–H and O–H groups in total. The minimum Gasteiger partial charge on any atom is -0.478 e. The molecule has 0 saturated carbocycles. The quantitative estimate of drug-likeness (QED) is 0.891. The Hall–Kier alpha value is -1.63. The molecule has 106 valence electrons. The molecule has 0 atom stereocenters. The summed E-state index contributed by atoms with van der Waals surface area (Å²) >= 11 is 0. The van der Waals surface area contributed by atoms with Gasteiger partial charge in [0.15, 0.2) is 0 Å². The van der Waals surface area contributed by atoms with Crippen molar-refractivity contribution in [3.05, 3.63) is 29.6 Å². The van der Waals surface area contributed by atoms with E-state index in [0.717, 1.165) is 18.2 Å². The van der Waals surface area contributed by atoms with E-state index in [2.05, 4.69) is 4.72 Å². The number of aromatic carboxylic acids is 1. The van der Waals surface area contributed by atoms with Crippen molar-refractivity contribution in [1.82, 2.24) is 0 Å². The topological polar surface area (TPSA) is 83.5 Å². The number of nitrogens with one attached hydrogen (secondary N) is 1. The Labute approximate surface area is 111 Å². The largest absolute Gasteiger partial charge is 0.478 e. The van der Waals surface area contributed by atoms with Crippen molar-refractivity contribution >= 4 is 21.7 Å². The highest BCUT2D eigenvalue weighted by molar-refractivity contribution is 7.92. The van der Waals surface area contributed by atoms with Gasteiger partial charge in [0.2, 0.25) is 10.0 Å². The predicted octanol–water partition coefficient (Wildman–Crippen LogP) is 2.31. The van der Waals surface area contributed by atoms with Gasteiger partial charge in [-0.25, -0.2) is 17.6 Å². The molecule has 0 radical (unpaired) electrons. The first-order valence-corrected chi connectivity index (χ1v) is 7.19. The first kappa shape index (κ1) is 15.4. The van der Waals surface area contributed by atoms with Crippen molar-refractivity contribution in [2.45, 2.75) is 20.8 Å². The van der Waals surface area contributed by atoms with Gasteiger partial charge in [-0.2, -0.15) is 0 Å². The highest BCUT2D eigenvalue weighted by Gasteiger charge is 2.23. The van der Waals surface area contributed by atoms with E-state index >= 15 is 0 Å². The van der Waals surface area contributed by atoms with Gasteiger partial charge in [-0.1, -0.05) is 20.8 Å². The summed E-state index contributed by atoms with van der Waals surface area (Å²) in [5, 5.41) is 8.79. The van der Waals surface area contributed by atoms with Gasteiger partial charge in [-0.05, 0) is 23.6 Å². The number of halogens is 1. The summed E-state index contributed by atoms with van der Waals surface area (Å²) < 4.78 is 39.2. The number of carbonyl (C=O) groups is 1. The molecule has 0 fully saturated rings. The van der Waals surface area contributed by atoms with Crippen LogP contribution in [0.15, 0.2) is 18.2 Å². The summed E-state index contributed by atoms with van der Waals surface area (Å²) in [6.07, 6.45) is 0. The summed E-state index contributed by atoms with van der Waals surface area (Å²) in [5.74, 6) is -2.27. The third-order valence-corrected chi connectivity index (χ3v) is 3.88. The van der Waals surface area contributed by atoms with E-state index in [4.69, 9.17) is 5.11 Å². The van der Waals surface area contributed by atoms with Gasteiger partial charge in [0, 0.05) is 0 Å². The Bertz CT molecular complexity index is 590. The van der Waals surface area contributed by atoms with Crippen molar-refractivity contribution in [1.29, 1.82) is 0 Å². The summed E-state index contributed by atoms with van der Waals surface area (Å²) in [5.41, 5.74) is -1.04. The van der Waals surface area contributed by atoms with E-state index < -0.39 is 27.2 Å². The molecular formula is C12H16FNO4S. The highest BCUT2D eigenvalue weighted by atomic mass is 32.2. The normalized spacial score (nSPS) is 12.2. The number of benzene rings is 1. The fourth-order valence-corrected chi connectivity index (χ4v) is 3.21. The van der Waals surface area contributed by atoms with Crippen molar-refractivity contribution < 1.29 is 22.7 Å². The van der Waals surface area contributed by atoms with Gasteiger partial charge in [-0.15, -0.1) is 0 Å². The molecule has 19 heavy (non-hydrogen) atoms. The lowest BCUT2D eigenvalue weighted by atomic mass is 10.0.